The second kappa shape index (κ2) is 6.78. The summed E-state index contributed by atoms with van der Waals surface area (Å²) in [6, 6.07) is 10.2. The Morgan fingerprint density at radius 2 is 1.69 bits per heavy atom. The molecule has 0 aliphatic rings. The number of benzene rings is 2. The van der Waals surface area contributed by atoms with Gasteiger partial charge in [0.1, 0.15) is 0 Å². The number of hydrogen-bond acceptors (Lipinski definition) is 4. The summed E-state index contributed by atoms with van der Waals surface area (Å²) in [6.45, 7) is 7.34. The number of hydrogen-bond donors (Lipinski definition) is 1. The highest BCUT2D eigenvalue weighted by Gasteiger charge is 2.20. The number of anilines is 1. The Hall–Kier alpha value is -2.31. The Kier molecular flexibility index (Phi) is 4.82. The van der Waals surface area contributed by atoms with E-state index in [1.165, 1.54) is 0 Å². The first-order valence-electron chi connectivity index (χ1n) is 8.02. The van der Waals surface area contributed by atoms with Gasteiger partial charge < -0.3 is 4.52 Å². The highest BCUT2D eigenvalue weighted by atomic mass is 35.5. The maximum Gasteiger partial charge on any atom is 0.262 e. The van der Waals surface area contributed by atoms with E-state index >= 15 is 0 Å². The van der Waals surface area contributed by atoms with Crippen molar-refractivity contribution in [3.05, 3.63) is 63.8 Å². The van der Waals surface area contributed by atoms with E-state index in [-0.39, 0.29) is 4.90 Å². The predicted octanol–water partition coefficient (Wildman–Crippen LogP) is 5.03. The molecule has 0 saturated carbocycles. The van der Waals surface area contributed by atoms with Gasteiger partial charge in [-0.15, -0.1) is 0 Å². The lowest BCUT2D eigenvalue weighted by atomic mass is 10.1. The molecule has 0 bridgehead atoms. The van der Waals surface area contributed by atoms with Gasteiger partial charge in [-0.25, -0.2) is 8.42 Å². The SMILES string of the molecule is Cc1ccc(NS(=O)(=O)c2cc(-c3onc(C)c3C)ccc2C)cc1Cl. The Bertz CT molecular complexity index is 1090. The van der Waals surface area contributed by atoms with Crippen LogP contribution in [-0.4, -0.2) is 13.6 Å². The smallest absolute Gasteiger partial charge is 0.262 e. The Balaban J connectivity index is 2.03. The molecule has 1 aromatic heterocycles. The molecular formula is C19H19ClN2O3S. The van der Waals surface area contributed by atoms with Crippen molar-refractivity contribution in [1.29, 1.82) is 0 Å². The number of aromatic nitrogens is 1. The van der Waals surface area contributed by atoms with Gasteiger partial charge >= 0.3 is 0 Å². The van der Waals surface area contributed by atoms with E-state index in [0.29, 0.717) is 27.6 Å². The van der Waals surface area contributed by atoms with Crippen LogP contribution in [0.2, 0.25) is 5.02 Å². The van der Waals surface area contributed by atoms with Gasteiger partial charge in [0.15, 0.2) is 5.76 Å². The first-order valence-corrected chi connectivity index (χ1v) is 9.88. The molecule has 5 nitrogen and oxygen atoms in total. The lowest BCUT2D eigenvalue weighted by molar-refractivity contribution is 0.427. The van der Waals surface area contributed by atoms with Crippen LogP contribution in [0.3, 0.4) is 0 Å². The summed E-state index contributed by atoms with van der Waals surface area (Å²) in [5.41, 5.74) is 4.25. The van der Waals surface area contributed by atoms with E-state index in [4.69, 9.17) is 16.1 Å². The molecule has 0 aliphatic carbocycles. The van der Waals surface area contributed by atoms with Gasteiger partial charge in [0.2, 0.25) is 0 Å². The Morgan fingerprint density at radius 1 is 1.00 bits per heavy atom. The summed E-state index contributed by atoms with van der Waals surface area (Å²) in [5.74, 6) is 0.567. The van der Waals surface area contributed by atoms with Crippen LogP contribution in [-0.2, 0) is 10.0 Å². The molecule has 1 heterocycles. The molecule has 3 rings (SSSR count). The summed E-state index contributed by atoms with van der Waals surface area (Å²) in [4.78, 5) is 0.181. The van der Waals surface area contributed by atoms with Crippen LogP contribution in [0, 0.1) is 27.7 Å². The fourth-order valence-electron chi connectivity index (χ4n) is 2.58. The number of sulfonamides is 1. The highest BCUT2D eigenvalue weighted by molar-refractivity contribution is 7.92. The minimum absolute atomic E-state index is 0.181. The van der Waals surface area contributed by atoms with Crippen molar-refractivity contribution in [3.63, 3.8) is 0 Å². The third-order valence-corrected chi connectivity index (χ3v) is 6.25. The van der Waals surface area contributed by atoms with Crippen LogP contribution in [0.4, 0.5) is 5.69 Å². The quantitative estimate of drug-likeness (QED) is 0.678. The number of aryl methyl sites for hydroxylation is 3. The average Bonchev–Trinajstić information content (AvgIpc) is 2.90. The van der Waals surface area contributed by atoms with Gasteiger partial charge in [-0.2, -0.15) is 0 Å². The molecule has 0 aliphatic heterocycles. The largest absolute Gasteiger partial charge is 0.356 e. The molecule has 2 aromatic carbocycles. The van der Waals surface area contributed by atoms with Gasteiger partial charge in [-0.1, -0.05) is 35.0 Å². The molecule has 7 heteroatoms. The maximum atomic E-state index is 12.9. The zero-order chi connectivity index (χ0) is 19.1. The molecule has 3 aromatic rings. The molecule has 0 amide bonds. The fraction of sp³-hybridized carbons (Fsp3) is 0.211. The van der Waals surface area contributed by atoms with E-state index < -0.39 is 10.0 Å². The molecule has 0 unspecified atom stereocenters. The molecule has 0 radical (unpaired) electrons. The van der Waals surface area contributed by atoms with Crippen LogP contribution in [0.5, 0.6) is 0 Å². The third-order valence-electron chi connectivity index (χ3n) is 4.32. The molecule has 0 spiro atoms. The van der Waals surface area contributed by atoms with Crippen LogP contribution >= 0.6 is 11.6 Å². The maximum absolute atomic E-state index is 12.9. The fourth-order valence-corrected chi connectivity index (χ4v) is 4.08. The van der Waals surface area contributed by atoms with Gasteiger partial charge in [0.25, 0.3) is 10.0 Å². The van der Waals surface area contributed by atoms with Crippen LogP contribution < -0.4 is 4.72 Å². The van der Waals surface area contributed by atoms with Gasteiger partial charge in [-0.05, 0) is 57.0 Å². The monoisotopic (exact) mass is 390 g/mol. The predicted molar refractivity (Wildman–Crippen MR) is 103 cm³/mol. The standard InChI is InChI=1S/C19H19ClN2O3S/c1-11-6-8-16(10-17(11)20)22-26(23,24)18-9-15(7-5-12(18)2)19-13(3)14(4)21-25-19/h5-10,22H,1-4H3. The van der Waals surface area contributed by atoms with Crippen molar-refractivity contribution in [2.75, 3.05) is 4.72 Å². The van der Waals surface area contributed by atoms with E-state index in [1.807, 2.05) is 26.8 Å². The molecule has 0 atom stereocenters. The first kappa shape index (κ1) is 18.5. The van der Waals surface area contributed by atoms with Crippen molar-refractivity contribution < 1.29 is 12.9 Å². The van der Waals surface area contributed by atoms with Gasteiger partial charge in [0, 0.05) is 16.1 Å². The van der Waals surface area contributed by atoms with Crippen LogP contribution in [0.25, 0.3) is 11.3 Å². The number of nitrogens with one attached hydrogen (secondary N) is 1. The summed E-state index contributed by atoms with van der Waals surface area (Å²) >= 11 is 6.09. The molecule has 1 N–H and O–H groups in total. The molecule has 0 fully saturated rings. The molecular weight excluding hydrogens is 372 g/mol. The second-order valence-electron chi connectivity index (χ2n) is 6.27. The topological polar surface area (TPSA) is 72.2 Å². The molecule has 0 saturated heterocycles. The second-order valence-corrected chi connectivity index (χ2v) is 8.33. The van der Waals surface area contributed by atoms with E-state index in [0.717, 1.165) is 16.8 Å². The van der Waals surface area contributed by atoms with E-state index in [9.17, 15) is 8.42 Å². The molecule has 26 heavy (non-hydrogen) atoms. The number of nitrogens with zero attached hydrogens (tertiary/aromatic N) is 1. The van der Waals surface area contributed by atoms with Crippen LogP contribution in [0.1, 0.15) is 22.4 Å². The highest BCUT2D eigenvalue weighted by Crippen LogP contribution is 2.30. The lowest BCUT2D eigenvalue weighted by Crippen LogP contribution is -2.14. The summed E-state index contributed by atoms with van der Waals surface area (Å²) in [7, 11) is -3.78. The number of rotatable bonds is 4. The van der Waals surface area contributed by atoms with Crippen molar-refractivity contribution in [2.45, 2.75) is 32.6 Å². The Morgan fingerprint density at radius 3 is 2.31 bits per heavy atom. The normalized spacial score (nSPS) is 11.6. The molecule has 136 valence electrons. The van der Waals surface area contributed by atoms with E-state index in [1.54, 1.807) is 37.3 Å². The minimum Gasteiger partial charge on any atom is -0.356 e. The lowest BCUT2D eigenvalue weighted by Gasteiger charge is -2.12. The van der Waals surface area contributed by atoms with Crippen molar-refractivity contribution in [2.24, 2.45) is 0 Å². The van der Waals surface area contributed by atoms with Crippen LogP contribution in [0.15, 0.2) is 45.8 Å². The zero-order valence-electron chi connectivity index (χ0n) is 14.9. The summed E-state index contributed by atoms with van der Waals surface area (Å²) in [6.07, 6.45) is 0. The Labute approximate surface area is 158 Å². The first-order chi connectivity index (χ1) is 12.2. The third kappa shape index (κ3) is 3.48. The van der Waals surface area contributed by atoms with Crippen molar-refractivity contribution in [1.82, 2.24) is 5.16 Å². The van der Waals surface area contributed by atoms with E-state index in [2.05, 4.69) is 9.88 Å². The average molecular weight is 391 g/mol. The van der Waals surface area contributed by atoms with Gasteiger partial charge in [-0.3, -0.25) is 4.72 Å². The van der Waals surface area contributed by atoms with Crippen molar-refractivity contribution in [3.8, 4) is 11.3 Å². The zero-order valence-corrected chi connectivity index (χ0v) is 16.5. The summed E-state index contributed by atoms with van der Waals surface area (Å²) < 4.78 is 33.7. The number of halogens is 1. The minimum atomic E-state index is -3.78. The summed E-state index contributed by atoms with van der Waals surface area (Å²) in [5, 5.41) is 4.44. The van der Waals surface area contributed by atoms with Gasteiger partial charge in [0.05, 0.1) is 16.3 Å². The van der Waals surface area contributed by atoms with Crippen molar-refractivity contribution >= 4 is 27.3 Å².